The number of halogens is 3. The monoisotopic (exact) mass is 323 g/mol. The maximum absolute atomic E-state index is 13.5. The van der Waals surface area contributed by atoms with Crippen molar-refractivity contribution in [3.63, 3.8) is 0 Å². The van der Waals surface area contributed by atoms with Crippen LogP contribution >= 0.6 is 15.9 Å². The fourth-order valence-corrected chi connectivity index (χ4v) is 1.86. The van der Waals surface area contributed by atoms with Crippen LogP contribution in [0.4, 0.5) is 8.78 Å². The van der Waals surface area contributed by atoms with E-state index in [9.17, 15) is 8.78 Å². The Morgan fingerprint density at radius 3 is 2.58 bits per heavy atom. The number of ether oxygens (including phenoxy) is 1. The van der Waals surface area contributed by atoms with E-state index in [0.29, 0.717) is 5.33 Å². The lowest BCUT2D eigenvalue weighted by Crippen LogP contribution is -1.93. The smallest absolute Gasteiger partial charge is 0.166 e. The fraction of sp³-hybridized carbons (Fsp3) is 0.0714. The molecule has 0 radical (unpaired) electrons. The van der Waals surface area contributed by atoms with Gasteiger partial charge in [0.05, 0.1) is 5.56 Å². The molecular weight excluding hydrogens is 316 g/mol. The van der Waals surface area contributed by atoms with Crippen LogP contribution in [0.25, 0.3) is 0 Å². The van der Waals surface area contributed by atoms with E-state index in [0.717, 1.165) is 23.8 Å². The zero-order valence-corrected chi connectivity index (χ0v) is 11.2. The number of nitrogens with zero attached hydrogens (tertiary/aromatic N) is 1. The second-order valence-corrected chi connectivity index (χ2v) is 4.31. The van der Waals surface area contributed by atoms with Crippen LogP contribution in [0.15, 0.2) is 36.4 Å². The van der Waals surface area contributed by atoms with Gasteiger partial charge in [-0.2, -0.15) is 5.26 Å². The van der Waals surface area contributed by atoms with Crippen molar-refractivity contribution >= 4 is 15.9 Å². The lowest BCUT2D eigenvalue weighted by molar-refractivity contribution is 0.435. The fourth-order valence-electron chi connectivity index (χ4n) is 1.51. The van der Waals surface area contributed by atoms with Crippen LogP contribution in [0.2, 0.25) is 0 Å². The van der Waals surface area contributed by atoms with Crippen molar-refractivity contribution < 1.29 is 13.5 Å². The Kier molecular flexibility index (Phi) is 4.13. The average Bonchev–Trinajstić information content (AvgIpc) is 2.43. The Labute approximate surface area is 117 Å². The third-order valence-electron chi connectivity index (χ3n) is 2.43. The topological polar surface area (TPSA) is 33.0 Å². The van der Waals surface area contributed by atoms with Gasteiger partial charge in [0.15, 0.2) is 11.6 Å². The molecule has 2 aromatic rings. The third kappa shape index (κ3) is 3.09. The molecular formula is C14H8BrF2NO. The van der Waals surface area contributed by atoms with Gasteiger partial charge >= 0.3 is 0 Å². The lowest BCUT2D eigenvalue weighted by Gasteiger charge is -2.09. The molecule has 0 aliphatic carbocycles. The first-order chi connectivity index (χ1) is 9.13. The highest BCUT2D eigenvalue weighted by atomic mass is 79.9. The van der Waals surface area contributed by atoms with Crippen molar-refractivity contribution in [2.75, 3.05) is 0 Å². The van der Waals surface area contributed by atoms with Gasteiger partial charge in [-0.15, -0.1) is 0 Å². The van der Waals surface area contributed by atoms with E-state index < -0.39 is 11.6 Å². The van der Waals surface area contributed by atoms with E-state index in [1.807, 2.05) is 6.07 Å². The summed E-state index contributed by atoms with van der Waals surface area (Å²) in [6, 6.07) is 9.80. The summed E-state index contributed by atoms with van der Waals surface area (Å²) in [6.07, 6.45) is 0. The minimum absolute atomic E-state index is 0.191. The van der Waals surface area contributed by atoms with Crippen LogP contribution in [-0.2, 0) is 5.33 Å². The second-order valence-electron chi connectivity index (χ2n) is 3.75. The van der Waals surface area contributed by atoms with Gasteiger partial charge in [0.1, 0.15) is 17.6 Å². The summed E-state index contributed by atoms with van der Waals surface area (Å²) in [5.41, 5.74) is 1.16. The van der Waals surface area contributed by atoms with E-state index >= 15 is 0 Å². The Morgan fingerprint density at radius 2 is 1.89 bits per heavy atom. The standard InChI is InChI=1S/C14H8BrF2NO/c15-7-9-1-4-13(10(5-9)8-18)19-14-6-11(16)2-3-12(14)17/h1-6H,7H2. The van der Waals surface area contributed by atoms with E-state index in [4.69, 9.17) is 10.00 Å². The van der Waals surface area contributed by atoms with Crippen LogP contribution in [0.5, 0.6) is 11.5 Å². The highest BCUT2D eigenvalue weighted by Gasteiger charge is 2.10. The molecule has 0 heterocycles. The Bertz CT molecular complexity index is 652. The van der Waals surface area contributed by atoms with Gasteiger partial charge in [0.25, 0.3) is 0 Å². The minimum atomic E-state index is -0.685. The maximum Gasteiger partial charge on any atom is 0.166 e. The van der Waals surface area contributed by atoms with E-state index in [1.54, 1.807) is 18.2 Å². The summed E-state index contributed by atoms with van der Waals surface area (Å²) in [6.45, 7) is 0. The van der Waals surface area contributed by atoms with Gasteiger partial charge in [0.2, 0.25) is 0 Å². The van der Waals surface area contributed by atoms with Crippen LogP contribution in [0.1, 0.15) is 11.1 Å². The van der Waals surface area contributed by atoms with Crippen molar-refractivity contribution in [3.05, 3.63) is 59.2 Å². The number of hydrogen-bond acceptors (Lipinski definition) is 2. The molecule has 5 heteroatoms. The molecule has 0 saturated carbocycles. The SMILES string of the molecule is N#Cc1cc(CBr)ccc1Oc1cc(F)ccc1F. The third-order valence-corrected chi connectivity index (χ3v) is 3.08. The summed E-state index contributed by atoms with van der Waals surface area (Å²) in [5.74, 6) is -1.35. The molecule has 0 aromatic heterocycles. The van der Waals surface area contributed by atoms with Crippen LogP contribution < -0.4 is 4.74 Å². The van der Waals surface area contributed by atoms with E-state index in [-0.39, 0.29) is 17.1 Å². The maximum atomic E-state index is 13.5. The van der Waals surface area contributed by atoms with Gasteiger partial charge in [-0.3, -0.25) is 0 Å². The Hall–Kier alpha value is -1.93. The molecule has 0 N–H and O–H groups in total. The van der Waals surface area contributed by atoms with Gasteiger partial charge in [-0.25, -0.2) is 8.78 Å². The molecule has 0 spiro atoms. The predicted molar refractivity (Wildman–Crippen MR) is 70.2 cm³/mol. The Balaban J connectivity index is 2.38. The van der Waals surface area contributed by atoms with Crippen molar-refractivity contribution in [2.24, 2.45) is 0 Å². The van der Waals surface area contributed by atoms with Crippen LogP contribution in [0, 0.1) is 23.0 Å². The lowest BCUT2D eigenvalue weighted by atomic mass is 10.1. The summed E-state index contributed by atoms with van der Waals surface area (Å²) < 4.78 is 31.7. The number of rotatable bonds is 3. The first kappa shape index (κ1) is 13.5. The summed E-state index contributed by atoms with van der Waals surface area (Å²) >= 11 is 3.27. The normalized spacial score (nSPS) is 10.0. The van der Waals surface area contributed by atoms with Crippen molar-refractivity contribution in [1.29, 1.82) is 5.26 Å². The van der Waals surface area contributed by atoms with Gasteiger partial charge < -0.3 is 4.74 Å². The molecule has 96 valence electrons. The first-order valence-electron chi connectivity index (χ1n) is 5.36. The minimum Gasteiger partial charge on any atom is -0.453 e. The molecule has 0 atom stereocenters. The van der Waals surface area contributed by atoms with E-state index in [2.05, 4.69) is 15.9 Å². The van der Waals surface area contributed by atoms with Crippen LogP contribution in [0.3, 0.4) is 0 Å². The first-order valence-corrected chi connectivity index (χ1v) is 6.48. The average molecular weight is 324 g/mol. The largest absolute Gasteiger partial charge is 0.453 e. The van der Waals surface area contributed by atoms with E-state index in [1.165, 1.54) is 0 Å². The zero-order valence-electron chi connectivity index (χ0n) is 9.66. The van der Waals surface area contributed by atoms with Crippen molar-refractivity contribution in [3.8, 4) is 17.6 Å². The zero-order chi connectivity index (χ0) is 13.8. The number of hydrogen-bond donors (Lipinski definition) is 0. The Morgan fingerprint density at radius 1 is 1.11 bits per heavy atom. The number of benzene rings is 2. The van der Waals surface area contributed by atoms with Crippen LogP contribution in [-0.4, -0.2) is 0 Å². The molecule has 19 heavy (non-hydrogen) atoms. The molecule has 2 nitrogen and oxygen atoms in total. The molecule has 0 fully saturated rings. The highest BCUT2D eigenvalue weighted by molar-refractivity contribution is 9.08. The predicted octanol–water partition coefficient (Wildman–Crippen LogP) is 4.52. The molecule has 0 amide bonds. The van der Waals surface area contributed by atoms with Gasteiger partial charge in [0, 0.05) is 11.4 Å². The molecule has 0 aliphatic rings. The molecule has 2 rings (SSSR count). The number of alkyl halides is 1. The molecule has 0 bridgehead atoms. The summed E-state index contributed by atoms with van der Waals surface area (Å²) in [7, 11) is 0. The van der Waals surface area contributed by atoms with Crippen molar-refractivity contribution in [1.82, 2.24) is 0 Å². The highest BCUT2D eigenvalue weighted by Crippen LogP contribution is 2.28. The van der Waals surface area contributed by atoms with Gasteiger partial charge in [-0.1, -0.05) is 22.0 Å². The molecule has 0 saturated heterocycles. The molecule has 0 unspecified atom stereocenters. The summed E-state index contributed by atoms with van der Waals surface area (Å²) in [4.78, 5) is 0. The van der Waals surface area contributed by atoms with Gasteiger partial charge in [-0.05, 0) is 29.8 Å². The summed E-state index contributed by atoms with van der Waals surface area (Å²) in [5, 5.41) is 9.62. The molecule has 0 aliphatic heterocycles. The second kappa shape index (κ2) is 5.81. The molecule has 2 aromatic carbocycles. The quantitative estimate of drug-likeness (QED) is 0.778. The van der Waals surface area contributed by atoms with Crippen molar-refractivity contribution in [2.45, 2.75) is 5.33 Å². The number of nitriles is 1.